The predicted molar refractivity (Wildman–Crippen MR) is 157 cm³/mol. The van der Waals surface area contributed by atoms with Gasteiger partial charge in [0, 0.05) is 28.9 Å². The third kappa shape index (κ3) is 5.08. The van der Waals surface area contributed by atoms with E-state index in [0.717, 1.165) is 49.4 Å². The Hall–Kier alpha value is -3.93. The molecule has 0 saturated heterocycles. The van der Waals surface area contributed by atoms with Gasteiger partial charge >= 0.3 is 0 Å². The number of fused-ring (bicyclic) bond motifs is 2. The van der Waals surface area contributed by atoms with Crippen molar-refractivity contribution in [3.05, 3.63) is 125 Å². The van der Waals surface area contributed by atoms with Crippen molar-refractivity contribution in [2.24, 2.45) is 0 Å². The van der Waals surface area contributed by atoms with E-state index < -0.39 is 0 Å². The number of hydrogen-bond donors (Lipinski definition) is 1. The van der Waals surface area contributed by atoms with Crippen molar-refractivity contribution in [1.29, 1.82) is 0 Å². The molecule has 3 nitrogen and oxygen atoms in total. The van der Waals surface area contributed by atoms with Gasteiger partial charge in [0.05, 0.1) is 15.2 Å². The van der Waals surface area contributed by atoms with Gasteiger partial charge in [-0.1, -0.05) is 54.1 Å². The lowest BCUT2D eigenvalue weighted by atomic mass is 10.0. The number of rotatable bonds is 7. The van der Waals surface area contributed by atoms with Crippen LogP contribution in [-0.4, -0.2) is 4.98 Å². The Labute approximate surface area is 229 Å². The molecule has 0 spiro atoms. The predicted octanol–water partition coefficient (Wildman–Crippen LogP) is 9.41. The highest BCUT2D eigenvalue weighted by Crippen LogP contribution is 2.33. The van der Waals surface area contributed by atoms with E-state index in [9.17, 15) is 4.39 Å². The van der Waals surface area contributed by atoms with E-state index >= 15 is 0 Å². The zero-order valence-corrected chi connectivity index (χ0v) is 22.2. The first kappa shape index (κ1) is 24.4. The number of thiazole rings is 1. The molecule has 0 unspecified atom stereocenters. The number of aryl methyl sites for hydroxylation is 1. The molecule has 0 aliphatic carbocycles. The van der Waals surface area contributed by atoms with Crippen LogP contribution in [0, 0.1) is 12.7 Å². The van der Waals surface area contributed by atoms with Crippen LogP contribution in [0.3, 0.4) is 0 Å². The minimum Gasteiger partial charge on any atom is -0.488 e. The first-order chi connectivity index (χ1) is 18.5. The van der Waals surface area contributed by atoms with E-state index in [-0.39, 0.29) is 12.4 Å². The lowest BCUT2D eigenvalue weighted by Gasteiger charge is -2.16. The van der Waals surface area contributed by atoms with Crippen molar-refractivity contribution in [3.63, 3.8) is 0 Å². The summed E-state index contributed by atoms with van der Waals surface area (Å²) in [5, 5.41) is 7.17. The Morgan fingerprint density at radius 2 is 1.76 bits per heavy atom. The fourth-order valence-electron chi connectivity index (χ4n) is 4.50. The standard InChI is InChI=1S/C32H24ClFN2OS/c1-20-6-14-29-31(16-20)38-32(36-29)22-8-12-25(13-9-22)35-18-27-26-5-3-2-4-21(26)10-15-30(27)37-19-23-7-11-24(34)17-28(23)33/h2-17,35H,18-19H2,1H3. The van der Waals surface area contributed by atoms with Crippen LogP contribution in [0.1, 0.15) is 16.7 Å². The lowest BCUT2D eigenvalue weighted by molar-refractivity contribution is 0.304. The number of anilines is 1. The van der Waals surface area contributed by atoms with Gasteiger partial charge in [-0.15, -0.1) is 11.3 Å². The van der Waals surface area contributed by atoms with E-state index in [1.54, 1.807) is 17.4 Å². The average molecular weight is 539 g/mol. The molecule has 6 rings (SSSR count). The fraction of sp³-hybridized carbons (Fsp3) is 0.0938. The molecule has 6 aromatic rings. The van der Waals surface area contributed by atoms with Crippen molar-refractivity contribution in [2.45, 2.75) is 20.1 Å². The quantitative estimate of drug-likeness (QED) is 0.220. The molecule has 38 heavy (non-hydrogen) atoms. The largest absolute Gasteiger partial charge is 0.488 e. The fourth-order valence-corrected chi connectivity index (χ4v) is 5.80. The third-order valence-electron chi connectivity index (χ3n) is 6.54. The second-order valence-corrected chi connectivity index (χ2v) is 10.6. The molecular formula is C32H24ClFN2OS. The highest BCUT2D eigenvalue weighted by molar-refractivity contribution is 7.21. The molecule has 1 heterocycles. The summed E-state index contributed by atoms with van der Waals surface area (Å²) < 4.78 is 20.9. The average Bonchev–Trinajstić information content (AvgIpc) is 3.35. The summed E-state index contributed by atoms with van der Waals surface area (Å²) in [6, 6.07) is 31.4. The number of nitrogens with one attached hydrogen (secondary N) is 1. The van der Waals surface area contributed by atoms with Crippen molar-refractivity contribution in [3.8, 4) is 16.3 Å². The van der Waals surface area contributed by atoms with Crippen LogP contribution in [-0.2, 0) is 13.2 Å². The number of aromatic nitrogens is 1. The van der Waals surface area contributed by atoms with E-state index in [1.165, 1.54) is 22.4 Å². The molecule has 0 atom stereocenters. The van der Waals surface area contributed by atoms with Gasteiger partial charge < -0.3 is 10.1 Å². The molecule has 0 radical (unpaired) electrons. The molecule has 188 valence electrons. The molecule has 0 aliphatic rings. The normalized spacial score (nSPS) is 11.2. The summed E-state index contributed by atoms with van der Waals surface area (Å²) in [5.41, 5.74) is 6.16. The topological polar surface area (TPSA) is 34.2 Å². The molecule has 0 fully saturated rings. The Morgan fingerprint density at radius 1 is 0.921 bits per heavy atom. The third-order valence-corrected chi connectivity index (χ3v) is 7.96. The minimum atomic E-state index is -0.362. The molecule has 0 saturated carbocycles. The molecule has 0 amide bonds. The Kier molecular flexibility index (Phi) is 6.71. The van der Waals surface area contributed by atoms with Crippen LogP contribution in [0.25, 0.3) is 31.6 Å². The smallest absolute Gasteiger partial charge is 0.125 e. The Bertz CT molecular complexity index is 1760. The van der Waals surface area contributed by atoms with Gasteiger partial charge in [-0.3, -0.25) is 0 Å². The molecule has 1 N–H and O–H groups in total. The zero-order valence-electron chi connectivity index (χ0n) is 20.7. The maximum atomic E-state index is 13.5. The summed E-state index contributed by atoms with van der Waals surface area (Å²) in [5.74, 6) is 0.400. The van der Waals surface area contributed by atoms with Crippen molar-refractivity contribution in [2.75, 3.05) is 5.32 Å². The zero-order chi connectivity index (χ0) is 26.1. The SMILES string of the molecule is Cc1ccc2nc(-c3ccc(NCc4c(OCc5ccc(F)cc5Cl)ccc5ccccc45)cc3)sc2c1. The Morgan fingerprint density at radius 3 is 2.61 bits per heavy atom. The van der Waals surface area contributed by atoms with E-state index in [1.807, 2.05) is 18.2 Å². The first-order valence-electron chi connectivity index (χ1n) is 12.3. The van der Waals surface area contributed by atoms with Crippen molar-refractivity contribution < 1.29 is 9.13 Å². The van der Waals surface area contributed by atoms with Crippen molar-refractivity contribution >= 4 is 49.6 Å². The Balaban J connectivity index is 1.23. The second-order valence-electron chi connectivity index (χ2n) is 9.21. The summed E-state index contributed by atoms with van der Waals surface area (Å²) in [6.07, 6.45) is 0. The molecule has 0 bridgehead atoms. The number of benzene rings is 5. The van der Waals surface area contributed by atoms with Crippen LogP contribution in [0.4, 0.5) is 10.1 Å². The summed E-state index contributed by atoms with van der Waals surface area (Å²) in [4.78, 5) is 4.80. The maximum absolute atomic E-state index is 13.5. The molecule has 5 aromatic carbocycles. The summed E-state index contributed by atoms with van der Waals surface area (Å²) >= 11 is 7.93. The van der Waals surface area contributed by atoms with Crippen LogP contribution in [0.5, 0.6) is 5.75 Å². The van der Waals surface area contributed by atoms with Crippen LogP contribution in [0.15, 0.2) is 97.1 Å². The second kappa shape index (κ2) is 10.4. The molecule has 1 aromatic heterocycles. The lowest BCUT2D eigenvalue weighted by Crippen LogP contribution is -2.05. The molecule has 0 aliphatic heterocycles. The van der Waals surface area contributed by atoms with Gasteiger partial charge in [-0.05, 0) is 77.9 Å². The number of halogens is 2. The van der Waals surface area contributed by atoms with Crippen molar-refractivity contribution in [1.82, 2.24) is 4.98 Å². The first-order valence-corrected chi connectivity index (χ1v) is 13.5. The van der Waals surface area contributed by atoms with Gasteiger partial charge in [0.2, 0.25) is 0 Å². The van der Waals surface area contributed by atoms with E-state index in [2.05, 4.69) is 72.9 Å². The van der Waals surface area contributed by atoms with Crippen LogP contribution < -0.4 is 10.1 Å². The van der Waals surface area contributed by atoms with Crippen LogP contribution >= 0.6 is 22.9 Å². The maximum Gasteiger partial charge on any atom is 0.125 e. The van der Waals surface area contributed by atoms with Gasteiger partial charge in [0.15, 0.2) is 0 Å². The molecular weight excluding hydrogens is 515 g/mol. The summed E-state index contributed by atoms with van der Waals surface area (Å²) in [6.45, 7) is 2.93. The highest BCUT2D eigenvalue weighted by Gasteiger charge is 2.12. The number of hydrogen-bond acceptors (Lipinski definition) is 4. The van der Waals surface area contributed by atoms with Gasteiger partial charge in [-0.2, -0.15) is 0 Å². The number of ether oxygens (including phenoxy) is 1. The highest BCUT2D eigenvalue weighted by atomic mass is 35.5. The van der Waals surface area contributed by atoms with E-state index in [4.69, 9.17) is 21.3 Å². The van der Waals surface area contributed by atoms with E-state index in [0.29, 0.717) is 11.6 Å². The van der Waals surface area contributed by atoms with Gasteiger partial charge in [0.1, 0.15) is 23.2 Å². The monoisotopic (exact) mass is 538 g/mol. The minimum absolute atomic E-state index is 0.251. The van der Waals surface area contributed by atoms with Gasteiger partial charge in [-0.25, -0.2) is 9.37 Å². The van der Waals surface area contributed by atoms with Crippen LogP contribution in [0.2, 0.25) is 5.02 Å². The number of nitrogens with zero attached hydrogens (tertiary/aromatic N) is 1. The van der Waals surface area contributed by atoms with Gasteiger partial charge in [0.25, 0.3) is 0 Å². The summed E-state index contributed by atoms with van der Waals surface area (Å²) in [7, 11) is 0. The molecule has 6 heteroatoms.